The molecule has 2 aromatic heterocycles. The molecule has 196 valence electrons. The van der Waals surface area contributed by atoms with Crippen molar-refractivity contribution in [3.05, 3.63) is 46.3 Å². The first kappa shape index (κ1) is 27.4. The number of hydrogen-bond donors (Lipinski definition) is 6. The summed E-state index contributed by atoms with van der Waals surface area (Å²) in [5, 5.41) is 29.0. The van der Waals surface area contributed by atoms with Crippen molar-refractivity contribution >= 4 is 55.2 Å². The van der Waals surface area contributed by atoms with Gasteiger partial charge >= 0.3 is 15.2 Å². The number of fused-ring (bicyclic) bond motifs is 1. The predicted molar refractivity (Wildman–Crippen MR) is 128 cm³/mol. The maximum absolute atomic E-state index is 11.9. The van der Waals surface area contributed by atoms with Crippen molar-refractivity contribution in [1.29, 1.82) is 0 Å². The summed E-state index contributed by atoms with van der Waals surface area (Å²) in [4.78, 5) is 35.8. The number of rotatable bonds is 9. The zero-order chi connectivity index (χ0) is 26.3. The second-order valence-corrected chi connectivity index (χ2v) is 12.6. The van der Waals surface area contributed by atoms with Crippen molar-refractivity contribution in [2.45, 2.75) is 31.1 Å². The molecule has 14 nitrogen and oxygen atoms in total. The molecule has 1 unspecified atom stereocenters. The molecule has 0 spiro atoms. The van der Waals surface area contributed by atoms with Crippen LogP contribution in [-0.4, -0.2) is 75.5 Å². The quantitative estimate of drug-likeness (QED) is 0.157. The average Bonchev–Trinajstić information content (AvgIpc) is 3.31. The molecule has 3 heterocycles. The Kier molecular flexibility index (Phi) is 8.06. The summed E-state index contributed by atoms with van der Waals surface area (Å²) < 4.78 is 34.4. The van der Waals surface area contributed by atoms with Crippen molar-refractivity contribution in [2.24, 2.45) is 0 Å². The minimum atomic E-state index is -4.84. The second-order valence-electron chi connectivity index (χ2n) is 7.90. The Labute approximate surface area is 213 Å². The lowest BCUT2D eigenvalue weighted by atomic mass is 10.1. The molecule has 18 heteroatoms. The van der Waals surface area contributed by atoms with E-state index in [4.69, 9.17) is 42.2 Å². The van der Waals surface area contributed by atoms with E-state index < -0.39 is 52.2 Å². The summed E-state index contributed by atoms with van der Waals surface area (Å²) in [5.41, 5.74) is 0.957. The molecule has 0 saturated carbocycles. The van der Waals surface area contributed by atoms with Crippen molar-refractivity contribution in [2.75, 3.05) is 17.8 Å². The maximum Gasteiger partial charge on any atom is 0.340 e. The predicted octanol–water partition coefficient (Wildman–Crippen LogP) is 1.70. The SMILES string of the molecule is O=P(O)(O)CP(=O)(O)OC[C@H]1O[C@@H](n2ncc3c(NCc4ccccc4Cl)nc(Cl)nc32)[C@H](O)[C@@H]1O. The fraction of sp³-hybridized carbons (Fsp3) is 0.389. The minimum absolute atomic E-state index is 0.141. The van der Waals surface area contributed by atoms with Gasteiger partial charge in [0.2, 0.25) is 5.28 Å². The Balaban J connectivity index is 1.53. The van der Waals surface area contributed by atoms with Crippen molar-refractivity contribution in [3.8, 4) is 0 Å². The highest BCUT2D eigenvalue weighted by atomic mass is 35.5. The van der Waals surface area contributed by atoms with E-state index in [1.165, 1.54) is 6.20 Å². The van der Waals surface area contributed by atoms with Crippen molar-refractivity contribution in [3.63, 3.8) is 0 Å². The van der Waals surface area contributed by atoms with Crippen LogP contribution in [0.4, 0.5) is 5.82 Å². The van der Waals surface area contributed by atoms with Crippen molar-refractivity contribution in [1.82, 2.24) is 19.7 Å². The van der Waals surface area contributed by atoms with Gasteiger partial charge in [0.1, 0.15) is 24.1 Å². The molecule has 1 fully saturated rings. The van der Waals surface area contributed by atoms with E-state index >= 15 is 0 Å². The van der Waals surface area contributed by atoms with Crippen LogP contribution in [0.1, 0.15) is 11.8 Å². The summed E-state index contributed by atoms with van der Waals surface area (Å²) in [6.07, 6.45) is -4.37. The maximum atomic E-state index is 11.9. The van der Waals surface area contributed by atoms with Gasteiger partial charge in [-0.1, -0.05) is 29.8 Å². The van der Waals surface area contributed by atoms with Gasteiger partial charge in [0.25, 0.3) is 0 Å². The lowest BCUT2D eigenvalue weighted by molar-refractivity contribution is -0.0541. The number of aliphatic hydroxyl groups is 2. The van der Waals surface area contributed by atoms with Crippen LogP contribution in [0.3, 0.4) is 0 Å². The number of anilines is 1. The van der Waals surface area contributed by atoms with Gasteiger partial charge in [0.05, 0.1) is 18.2 Å². The number of aliphatic hydroxyl groups excluding tert-OH is 2. The zero-order valence-corrected chi connectivity index (χ0v) is 21.4. The number of benzene rings is 1. The smallest absolute Gasteiger partial charge is 0.340 e. The Morgan fingerprint density at radius 2 is 1.83 bits per heavy atom. The van der Waals surface area contributed by atoms with Crippen LogP contribution in [0.2, 0.25) is 10.3 Å². The first-order valence-corrected chi connectivity index (χ1v) is 14.6. The van der Waals surface area contributed by atoms with E-state index in [0.717, 1.165) is 10.2 Å². The van der Waals surface area contributed by atoms with Gasteiger partial charge in [-0.2, -0.15) is 15.1 Å². The molecule has 0 aliphatic carbocycles. The van der Waals surface area contributed by atoms with E-state index in [9.17, 15) is 24.2 Å². The Bertz CT molecular complexity index is 1360. The van der Waals surface area contributed by atoms with E-state index in [-0.39, 0.29) is 10.9 Å². The lowest BCUT2D eigenvalue weighted by Crippen LogP contribution is -2.33. The number of nitrogens with zero attached hydrogens (tertiary/aromatic N) is 4. The molecular weight excluding hydrogens is 563 g/mol. The molecule has 1 aliphatic rings. The fourth-order valence-corrected chi connectivity index (χ4v) is 6.51. The average molecular weight is 584 g/mol. The summed E-state index contributed by atoms with van der Waals surface area (Å²) in [6, 6.07) is 7.20. The normalized spacial score (nSPS) is 24.2. The molecule has 6 N–H and O–H groups in total. The van der Waals surface area contributed by atoms with Gasteiger partial charge in [0, 0.05) is 11.6 Å². The zero-order valence-electron chi connectivity index (χ0n) is 18.1. The van der Waals surface area contributed by atoms with Crippen molar-refractivity contribution < 1.29 is 43.3 Å². The third-order valence-electron chi connectivity index (χ3n) is 5.21. The molecular formula is C18H21Cl2N5O9P2. The van der Waals surface area contributed by atoms with Gasteiger partial charge in [-0.3, -0.25) is 9.13 Å². The first-order valence-electron chi connectivity index (χ1n) is 10.3. The number of halogens is 2. The van der Waals surface area contributed by atoms with Gasteiger partial charge in [-0.25, -0.2) is 4.68 Å². The Morgan fingerprint density at radius 3 is 2.53 bits per heavy atom. The Morgan fingerprint density at radius 1 is 1.11 bits per heavy atom. The van der Waals surface area contributed by atoms with Crippen LogP contribution in [0.15, 0.2) is 30.5 Å². The number of nitrogens with one attached hydrogen (secondary N) is 1. The van der Waals surface area contributed by atoms with Crippen LogP contribution in [0.5, 0.6) is 0 Å². The number of hydrogen-bond acceptors (Lipinski definition) is 10. The fourth-order valence-electron chi connectivity index (χ4n) is 3.57. The monoisotopic (exact) mass is 583 g/mol. The number of aromatic nitrogens is 4. The van der Waals surface area contributed by atoms with Crippen LogP contribution < -0.4 is 5.32 Å². The minimum Gasteiger partial charge on any atom is -0.387 e. The Hall–Kier alpha value is -1.67. The van der Waals surface area contributed by atoms with E-state index in [0.29, 0.717) is 22.8 Å². The van der Waals surface area contributed by atoms with Crippen LogP contribution in [-0.2, 0) is 24.9 Å². The molecule has 1 aromatic carbocycles. The molecule has 1 saturated heterocycles. The highest BCUT2D eigenvalue weighted by Gasteiger charge is 2.46. The van der Waals surface area contributed by atoms with Crippen LogP contribution in [0, 0.1) is 0 Å². The molecule has 1 aliphatic heterocycles. The second kappa shape index (κ2) is 10.6. The van der Waals surface area contributed by atoms with Gasteiger partial charge < -0.3 is 39.5 Å². The first-order chi connectivity index (χ1) is 16.8. The summed E-state index contributed by atoms with van der Waals surface area (Å²) in [7, 11) is -9.53. The molecule has 0 bridgehead atoms. The standard InChI is InChI=1S/C18H21Cl2N5O9P2/c19-11-4-2-1-3-9(11)5-21-15-10-6-22-25(16(10)24-18(20)23-15)17-14(27)13(26)12(34-17)7-33-36(31,32)8-35(28,29)30/h1-4,6,12-14,17,26-27H,5,7-8H2,(H,31,32)(H,21,23,24)(H2,28,29,30)/t12-,13-,14-,17-/m1/s1. The molecule has 36 heavy (non-hydrogen) atoms. The third-order valence-corrected chi connectivity index (χ3v) is 9.21. The molecule has 3 aromatic rings. The third kappa shape index (κ3) is 6.24. The largest absolute Gasteiger partial charge is 0.387 e. The van der Waals surface area contributed by atoms with Gasteiger partial charge in [-0.15, -0.1) is 0 Å². The van der Waals surface area contributed by atoms with E-state index in [2.05, 4.69) is 20.4 Å². The van der Waals surface area contributed by atoms with Crippen LogP contribution >= 0.6 is 38.4 Å². The highest BCUT2D eigenvalue weighted by molar-refractivity contribution is 7.70. The van der Waals surface area contributed by atoms with E-state index in [1.807, 2.05) is 12.1 Å². The molecule has 0 radical (unpaired) electrons. The number of ether oxygens (including phenoxy) is 1. The van der Waals surface area contributed by atoms with Crippen LogP contribution in [0.25, 0.3) is 11.0 Å². The van der Waals surface area contributed by atoms with Gasteiger partial charge in [0.15, 0.2) is 17.8 Å². The topological polar surface area (TPSA) is 209 Å². The lowest BCUT2D eigenvalue weighted by Gasteiger charge is -2.18. The highest BCUT2D eigenvalue weighted by Crippen LogP contribution is 2.55. The summed E-state index contributed by atoms with van der Waals surface area (Å²) >= 11 is 12.3. The van der Waals surface area contributed by atoms with Gasteiger partial charge in [-0.05, 0) is 23.2 Å². The molecule has 4 rings (SSSR count). The summed E-state index contributed by atoms with van der Waals surface area (Å²) in [5.74, 6) is -1.08. The summed E-state index contributed by atoms with van der Waals surface area (Å²) in [6.45, 7) is -0.425. The van der Waals surface area contributed by atoms with E-state index in [1.54, 1.807) is 12.1 Å². The molecule has 0 amide bonds. The molecule has 5 atom stereocenters.